The van der Waals surface area contributed by atoms with Gasteiger partial charge in [0, 0.05) is 18.3 Å². The molecule has 0 saturated carbocycles. The molecule has 0 aliphatic heterocycles. The Morgan fingerprint density at radius 2 is 2.04 bits per heavy atom. The van der Waals surface area contributed by atoms with Crippen molar-refractivity contribution in [2.24, 2.45) is 7.05 Å². The van der Waals surface area contributed by atoms with E-state index in [1.54, 1.807) is 49.1 Å². The number of hydrogen-bond acceptors (Lipinski definition) is 6. The van der Waals surface area contributed by atoms with Crippen molar-refractivity contribution >= 4 is 21.7 Å². The highest BCUT2D eigenvalue weighted by Crippen LogP contribution is 2.25. The van der Waals surface area contributed by atoms with Crippen LogP contribution in [0.15, 0.2) is 53.7 Å². The van der Waals surface area contributed by atoms with Gasteiger partial charge in [-0.25, -0.2) is 13.2 Å². The Morgan fingerprint density at radius 3 is 2.68 bits per heavy atom. The smallest absolute Gasteiger partial charge is 0.341 e. The predicted octanol–water partition coefficient (Wildman–Crippen LogP) is 2.05. The molecule has 1 heterocycles. The van der Waals surface area contributed by atoms with E-state index >= 15 is 0 Å². The number of aliphatic carboxylic acids is 1. The Bertz CT molecular complexity index is 1120. The fourth-order valence-corrected chi connectivity index (χ4v) is 3.71. The highest BCUT2D eigenvalue weighted by molar-refractivity contribution is 7.92. The van der Waals surface area contributed by atoms with Crippen LogP contribution in [0.25, 0.3) is 11.4 Å². The Hall–Kier alpha value is -3.40. The number of rotatable bonds is 7. The standard InChI is InChI=1S/C18H18N4O5S/c1-12-8-15(6-7-16(12)27-10-17(23)24)28(25,26)21-14-5-3-4-13(9-14)18-20-19-11-22(18)2/h3-9,11,21H,10H2,1-2H3,(H,23,24). The van der Waals surface area contributed by atoms with E-state index in [1.165, 1.54) is 18.2 Å². The minimum Gasteiger partial charge on any atom is -0.482 e. The van der Waals surface area contributed by atoms with Crippen LogP contribution < -0.4 is 9.46 Å². The van der Waals surface area contributed by atoms with Gasteiger partial charge in [0.15, 0.2) is 12.4 Å². The SMILES string of the molecule is Cc1cc(S(=O)(=O)Nc2cccc(-c3nncn3C)c2)ccc1OCC(=O)O. The average Bonchev–Trinajstić information content (AvgIpc) is 3.06. The van der Waals surface area contributed by atoms with Crippen molar-refractivity contribution in [3.63, 3.8) is 0 Å². The second-order valence-electron chi connectivity index (χ2n) is 6.06. The molecule has 2 aromatic carbocycles. The zero-order valence-electron chi connectivity index (χ0n) is 15.2. The van der Waals surface area contributed by atoms with Crippen molar-refractivity contribution in [3.8, 4) is 17.1 Å². The number of sulfonamides is 1. The third-order valence-corrected chi connectivity index (χ3v) is 5.27. The second-order valence-corrected chi connectivity index (χ2v) is 7.74. The van der Waals surface area contributed by atoms with E-state index in [4.69, 9.17) is 9.84 Å². The zero-order chi connectivity index (χ0) is 20.3. The summed E-state index contributed by atoms with van der Waals surface area (Å²) >= 11 is 0. The zero-order valence-corrected chi connectivity index (χ0v) is 16.0. The summed E-state index contributed by atoms with van der Waals surface area (Å²) in [7, 11) is -2.05. The lowest BCUT2D eigenvalue weighted by molar-refractivity contribution is -0.139. The molecule has 1 aromatic heterocycles. The summed E-state index contributed by atoms with van der Waals surface area (Å²) < 4.78 is 34.8. The monoisotopic (exact) mass is 402 g/mol. The van der Waals surface area contributed by atoms with Crippen LogP contribution in [-0.4, -0.2) is 40.9 Å². The Morgan fingerprint density at radius 1 is 1.25 bits per heavy atom. The number of hydrogen-bond donors (Lipinski definition) is 2. The fraction of sp³-hybridized carbons (Fsp3) is 0.167. The predicted molar refractivity (Wildman–Crippen MR) is 102 cm³/mol. The number of carboxylic acids is 1. The number of benzene rings is 2. The summed E-state index contributed by atoms with van der Waals surface area (Å²) in [4.78, 5) is 10.6. The van der Waals surface area contributed by atoms with Crippen LogP contribution in [0.4, 0.5) is 5.69 Å². The van der Waals surface area contributed by atoms with Crippen LogP contribution in [0.5, 0.6) is 5.75 Å². The molecule has 3 rings (SSSR count). The molecule has 0 radical (unpaired) electrons. The lowest BCUT2D eigenvalue weighted by Crippen LogP contribution is -2.14. The van der Waals surface area contributed by atoms with Crippen LogP contribution in [-0.2, 0) is 21.9 Å². The molecule has 9 nitrogen and oxygen atoms in total. The topological polar surface area (TPSA) is 123 Å². The summed E-state index contributed by atoms with van der Waals surface area (Å²) in [5.41, 5.74) is 1.61. The molecular formula is C18H18N4O5S. The van der Waals surface area contributed by atoms with Gasteiger partial charge < -0.3 is 14.4 Å². The number of carboxylic acid groups (broad SMARTS) is 1. The fourth-order valence-electron chi connectivity index (χ4n) is 2.57. The van der Waals surface area contributed by atoms with Gasteiger partial charge in [-0.05, 0) is 42.8 Å². The second kappa shape index (κ2) is 7.69. The van der Waals surface area contributed by atoms with Crippen molar-refractivity contribution < 1.29 is 23.1 Å². The summed E-state index contributed by atoms with van der Waals surface area (Å²) in [6, 6.07) is 11.0. The van der Waals surface area contributed by atoms with Crippen LogP contribution in [0.2, 0.25) is 0 Å². The average molecular weight is 402 g/mol. The Kier molecular flexibility index (Phi) is 5.32. The maximum atomic E-state index is 12.7. The number of nitrogens with zero attached hydrogens (tertiary/aromatic N) is 3. The van der Waals surface area contributed by atoms with E-state index in [1.807, 2.05) is 0 Å². The van der Waals surface area contributed by atoms with Crippen molar-refractivity contribution in [2.45, 2.75) is 11.8 Å². The number of anilines is 1. The van der Waals surface area contributed by atoms with E-state index < -0.39 is 22.6 Å². The normalized spacial score (nSPS) is 11.2. The maximum Gasteiger partial charge on any atom is 0.341 e. The minimum atomic E-state index is -3.84. The molecule has 2 N–H and O–H groups in total. The number of aromatic nitrogens is 3. The molecule has 0 unspecified atom stereocenters. The maximum absolute atomic E-state index is 12.7. The van der Waals surface area contributed by atoms with E-state index in [-0.39, 0.29) is 4.90 Å². The van der Waals surface area contributed by atoms with Crippen molar-refractivity contribution in [3.05, 3.63) is 54.4 Å². The van der Waals surface area contributed by atoms with Crippen LogP contribution >= 0.6 is 0 Å². The first-order chi connectivity index (χ1) is 13.3. The quantitative estimate of drug-likeness (QED) is 0.620. The van der Waals surface area contributed by atoms with Crippen LogP contribution in [0, 0.1) is 6.92 Å². The minimum absolute atomic E-state index is 0.0386. The van der Waals surface area contributed by atoms with E-state index in [0.29, 0.717) is 28.4 Å². The van der Waals surface area contributed by atoms with Gasteiger partial charge in [-0.2, -0.15) is 0 Å². The van der Waals surface area contributed by atoms with Gasteiger partial charge in [0.05, 0.1) is 4.90 Å². The first-order valence-electron chi connectivity index (χ1n) is 8.19. The number of nitrogens with one attached hydrogen (secondary N) is 1. The molecule has 0 fully saturated rings. The van der Waals surface area contributed by atoms with Crippen LogP contribution in [0.3, 0.4) is 0 Å². The Balaban J connectivity index is 1.83. The number of ether oxygens (including phenoxy) is 1. The van der Waals surface area contributed by atoms with Crippen LogP contribution in [0.1, 0.15) is 5.56 Å². The van der Waals surface area contributed by atoms with Gasteiger partial charge >= 0.3 is 5.97 Å². The molecule has 0 saturated heterocycles. The first-order valence-corrected chi connectivity index (χ1v) is 9.67. The molecule has 0 amide bonds. The third-order valence-electron chi connectivity index (χ3n) is 3.89. The molecule has 10 heteroatoms. The molecular weight excluding hydrogens is 384 g/mol. The van der Waals surface area contributed by atoms with Gasteiger partial charge in [0.2, 0.25) is 0 Å². The van der Waals surface area contributed by atoms with Crippen molar-refractivity contribution in [1.82, 2.24) is 14.8 Å². The summed E-state index contributed by atoms with van der Waals surface area (Å²) in [6.07, 6.45) is 1.56. The molecule has 0 bridgehead atoms. The van der Waals surface area contributed by atoms with E-state index in [9.17, 15) is 13.2 Å². The molecule has 0 atom stereocenters. The molecule has 3 aromatic rings. The van der Waals surface area contributed by atoms with Gasteiger partial charge in [0.1, 0.15) is 12.1 Å². The van der Waals surface area contributed by atoms with Gasteiger partial charge in [0.25, 0.3) is 10.0 Å². The molecule has 0 aliphatic rings. The molecule has 0 spiro atoms. The number of aryl methyl sites for hydroxylation is 2. The largest absolute Gasteiger partial charge is 0.482 e. The van der Waals surface area contributed by atoms with Crippen molar-refractivity contribution in [1.29, 1.82) is 0 Å². The number of carbonyl (C=O) groups is 1. The molecule has 28 heavy (non-hydrogen) atoms. The van der Waals surface area contributed by atoms with Gasteiger partial charge in [-0.1, -0.05) is 12.1 Å². The van der Waals surface area contributed by atoms with Crippen molar-refractivity contribution in [2.75, 3.05) is 11.3 Å². The molecule has 146 valence electrons. The van der Waals surface area contributed by atoms with Gasteiger partial charge in [-0.3, -0.25) is 4.72 Å². The highest BCUT2D eigenvalue weighted by Gasteiger charge is 2.17. The first kappa shape index (κ1) is 19.4. The highest BCUT2D eigenvalue weighted by atomic mass is 32.2. The lowest BCUT2D eigenvalue weighted by atomic mass is 10.2. The summed E-state index contributed by atoms with van der Waals surface area (Å²) in [6.45, 7) is 1.14. The summed E-state index contributed by atoms with van der Waals surface area (Å²) in [5, 5.41) is 16.5. The van der Waals surface area contributed by atoms with E-state index in [0.717, 1.165) is 0 Å². The summed E-state index contributed by atoms with van der Waals surface area (Å²) in [5.74, 6) is -0.192. The Labute approximate surface area is 161 Å². The third kappa shape index (κ3) is 4.29. The van der Waals surface area contributed by atoms with Gasteiger partial charge in [-0.15, -0.1) is 10.2 Å². The lowest BCUT2D eigenvalue weighted by Gasteiger charge is -2.12. The molecule has 0 aliphatic carbocycles. The van der Waals surface area contributed by atoms with E-state index in [2.05, 4.69) is 14.9 Å².